The molecule has 1 atom stereocenters. The maximum atomic E-state index is 11.3. The van der Waals surface area contributed by atoms with E-state index >= 15 is 0 Å². The summed E-state index contributed by atoms with van der Waals surface area (Å²) in [6.07, 6.45) is 0. The fourth-order valence-electron chi connectivity index (χ4n) is 1.30. The molecule has 1 aliphatic rings. The van der Waals surface area contributed by atoms with Crippen molar-refractivity contribution in [3.63, 3.8) is 0 Å². The summed E-state index contributed by atoms with van der Waals surface area (Å²) in [6, 6.07) is 7.92. The summed E-state index contributed by atoms with van der Waals surface area (Å²) in [5.41, 5.74) is 2.14. The summed E-state index contributed by atoms with van der Waals surface area (Å²) in [5, 5.41) is 4.34. The van der Waals surface area contributed by atoms with Crippen LogP contribution in [-0.4, -0.2) is 16.9 Å². The molecule has 1 heterocycles. The van der Waals surface area contributed by atoms with Gasteiger partial charge in [0.2, 0.25) is 0 Å². The van der Waals surface area contributed by atoms with Gasteiger partial charge in [0.05, 0.1) is 12.2 Å². The first-order valence-corrected chi connectivity index (χ1v) is 5.45. The van der Waals surface area contributed by atoms with Gasteiger partial charge in [0, 0.05) is 5.56 Å². The van der Waals surface area contributed by atoms with E-state index in [1.165, 1.54) is 0 Å². The summed E-state index contributed by atoms with van der Waals surface area (Å²) in [4.78, 5) is 0. The summed E-state index contributed by atoms with van der Waals surface area (Å²) in [5.74, 6) is 1.37. The normalized spacial score (nSPS) is 22.2. The highest BCUT2D eigenvalue weighted by Crippen LogP contribution is 2.20. The smallest absolute Gasteiger partial charge is 0.132 e. The topological polar surface area (TPSA) is 37.2 Å². The maximum absolute atomic E-state index is 11.3. The van der Waals surface area contributed by atoms with Gasteiger partial charge in [-0.1, -0.05) is 18.2 Å². The Bertz CT molecular complexity index is 277. The van der Waals surface area contributed by atoms with Crippen molar-refractivity contribution in [2.24, 2.45) is 0 Å². The van der Waals surface area contributed by atoms with Gasteiger partial charge in [-0.05, 0) is 17.2 Å². The van der Waals surface area contributed by atoms with Crippen molar-refractivity contribution in [1.29, 1.82) is 0 Å². The van der Waals surface area contributed by atoms with Crippen molar-refractivity contribution >= 4 is 16.9 Å². The van der Waals surface area contributed by atoms with E-state index in [1.807, 2.05) is 24.3 Å². The molecule has 0 amide bonds. The van der Waals surface area contributed by atoms with E-state index in [9.17, 15) is 4.55 Å². The van der Waals surface area contributed by atoms with E-state index in [2.05, 4.69) is 5.32 Å². The molecule has 0 bridgehead atoms. The molecule has 1 aromatic carbocycles. The second-order valence-electron chi connectivity index (χ2n) is 2.80. The molecule has 0 saturated heterocycles. The van der Waals surface area contributed by atoms with E-state index in [0.717, 1.165) is 11.3 Å². The Balaban J connectivity index is 2.31. The molecule has 2 rings (SSSR count). The molecule has 2 nitrogen and oxygen atoms in total. The largest absolute Gasteiger partial charge is 0.616 e. The second kappa shape index (κ2) is 3.37. The zero-order valence-corrected chi connectivity index (χ0v) is 7.51. The van der Waals surface area contributed by atoms with Crippen LogP contribution in [0.15, 0.2) is 24.3 Å². The van der Waals surface area contributed by atoms with Gasteiger partial charge in [-0.2, -0.15) is 0 Å². The van der Waals surface area contributed by atoms with Crippen LogP contribution in [0.3, 0.4) is 0 Å². The fraction of sp³-hybridized carbons (Fsp3) is 0.333. The quantitative estimate of drug-likeness (QED) is 0.552. The molecule has 1 unspecified atom stereocenters. The Kier molecular flexibility index (Phi) is 2.23. The van der Waals surface area contributed by atoms with E-state index in [1.54, 1.807) is 0 Å². The van der Waals surface area contributed by atoms with Crippen molar-refractivity contribution in [2.75, 3.05) is 12.3 Å². The number of rotatable bonds is 0. The first-order valence-electron chi connectivity index (χ1n) is 3.96. The number of para-hydroxylation sites is 1. The highest BCUT2D eigenvalue weighted by Gasteiger charge is 2.15. The van der Waals surface area contributed by atoms with Crippen LogP contribution < -0.4 is 5.32 Å². The van der Waals surface area contributed by atoms with Crippen LogP contribution in [0.4, 0.5) is 5.69 Å². The lowest BCUT2D eigenvalue weighted by atomic mass is 10.2. The highest BCUT2D eigenvalue weighted by atomic mass is 32.2. The SMILES string of the molecule is [O-][S+]1CC[N]c2ccccc2C1. The van der Waals surface area contributed by atoms with E-state index < -0.39 is 11.2 Å². The van der Waals surface area contributed by atoms with Gasteiger partial charge >= 0.3 is 0 Å². The van der Waals surface area contributed by atoms with Gasteiger partial charge < -0.3 is 4.55 Å². The van der Waals surface area contributed by atoms with Crippen LogP contribution >= 0.6 is 0 Å². The molecule has 0 fully saturated rings. The minimum atomic E-state index is -0.713. The van der Waals surface area contributed by atoms with Gasteiger partial charge in [0.15, 0.2) is 0 Å². The minimum Gasteiger partial charge on any atom is -0.616 e. The molecule has 0 spiro atoms. The van der Waals surface area contributed by atoms with E-state index in [-0.39, 0.29) is 0 Å². The van der Waals surface area contributed by atoms with Gasteiger partial charge in [-0.3, -0.25) is 5.32 Å². The molecular weight excluding hydrogens is 170 g/mol. The zero-order chi connectivity index (χ0) is 8.39. The van der Waals surface area contributed by atoms with Crippen molar-refractivity contribution in [2.45, 2.75) is 5.75 Å². The molecular formula is C9H10NOS. The van der Waals surface area contributed by atoms with E-state index in [0.29, 0.717) is 18.1 Å². The number of fused-ring (bicyclic) bond motifs is 1. The first-order chi connectivity index (χ1) is 5.86. The summed E-state index contributed by atoms with van der Waals surface area (Å²) in [6.45, 7) is 0.698. The molecule has 1 aromatic rings. The number of hydrogen-bond donors (Lipinski definition) is 0. The zero-order valence-electron chi connectivity index (χ0n) is 6.69. The molecule has 63 valence electrons. The molecule has 0 N–H and O–H groups in total. The third kappa shape index (κ3) is 1.57. The lowest BCUT2D eigenvalue weighted by Crippen LogP contribution is -2.11. The molecule has 0 saturated carbocycles. The fourth-order valence-corrected chi connectivity index (χ4v) is 2.33. The molecule has 12 heavy (non-hydrogen) atoms. The van der Waals surface area contributed by atoms with Gasteiger partial charge in [-0.25, -0.2) is 0 Å². The minimum absolute atomic E-state index is 0.666. The summed E-state index contributed by atoms with van der Waals surface area (Å²) >= 11 is -0.713. The average Bonchev–Trinajstić information content (AvgIpc) is 2.25. The summed E-state index contributed by atoms with van der Waals surface area (Å²) in [7, 11) is 0. The molecule has 0 aromatic heterocycles. The lowest BCUT2D eigenvalue weighted by Gasteiger charge is -2.05. The van der Waals surface area contributed by atoms with Crippen molar-refractivity contribution < 1.29 is 4.55 Å². The average molecular weight is 180 g/mol. The molecule has 3 heteroatoms. The Labute approximate surface area is 75.2 Å². The molecule has 1 aliphatic heterocycles. The highest BCUT2D eigenvalue weighted by molar-refractivity contribution is 7.90. The van der Waals surface area contributed by atoms with Crippen molar-refractivity contribution in [3.8, 4) is 0 Å². The standard InChI is InChI=1S/C9H10NOS/c11-12-6-5-10-9-4-2-1-3-8(9)7-12/h1-4H,5-7H2. The first kappa shape index (κ1) is 7.95. The van der Waals surface area contributed by atoms with Crippen LogP contribution in [0.1, 0.15) is 5.56 Å². The number of hydrogen-bond acceptors (Lipinski definition) is 1. The summed E-state index contributed by atoms with van der Waals surface area (Å²) < 4.78 is 11.3. The van der Waals surface area contributed by atoms with Crippen LogP contribution in [0.2, 0.25) is 0 Å². The van der Waals surface area contributed by atoms with E-state index in [4.69, 9.17) is 0 Å². The Hall–Kier alpha value is -0.670. The monoisotopic (exact) mass is 180 g/mol. The van der Waals surface area contributed by atoms with Crippen molar-refractivity contribution in [3.05, 3.63) is 29.8 Å². The Morgan fingerprint density at radius 1 is 1.33 bits per heavy atom. The van der Waals surface area contributed by atoms with Crippen LogP contribution in [0.5, 0.6) is 0 Å². The van der Waals surface area contributed by atoms with Crippen LogP contribution in [-0.2, 0) is 16.9 Å². The molecule has 1 radical (unpaired) electrons. The van der Waals surface area contributed by atoms with Crippen molar-refractivity contribution in [1.82, 2.24) is 5.32 Å². The van der Waals surface area contributed by atoms with Crippen LogP contribution in [0.25, 0.3) is 0 Å². The van der Waals surface area contributed by atoms with Crippen LogP contribution in [0, 0.1) is 0 Å². The predicted octanol–water partition coefficient (Wildman–Crippen LogP) is 1.18. The predicted molar refractivity (Wildman–Crippen MR) is 49.8 cm³/mol. The molecule has 0 aliphatic carbocycles. The van der Waals surface area contributed by atoms with Gasteiger partial charge in [0.1, 0.15) is 11.5 Å². The number of nitrogens with zero attached hydrogens (tertiary/aromatic N) is 1. The number of benzene rings is 1. The Morgan fingerprint density at radius 3 is 3.08 bits per heavy atom. The maximum Gasteiger partial charge on any atom is 0.132 e. The third-order valence-electron chi connectivity index (χ3n) is 1.91. The van der Waals surface area contributed by atoms with Gasteiger partial charge in [0.25, 0.3) is 0 Å². The third-order valence-corrected chi connectivity index (χ3v) is 3.18. The lowest BCUT2D eigenvalue weighted by molar-refractivity contribution is 0.594. The van der Waals surface area contributed by atoms with Gasteiger partial charge in [-0.15, -0.1) is 0 Å². The Morgan fingerprint density at radius 2 is 2.17 bits per heavy atom. The second-order valence-corrected chi connectivity index (χ2v) is 4.38.